The van der Waals surface area contributed by atoms with Crippen LogP contribution in [0, 0.1) is 11.8 Å². The van der Waals surface area contributed by atoms with E-state index in [4.69, 9.17) is 21.9 Å². The minimum Gasteiger partial charge on any atom is -0.448 e. The van der Waals surface area contributed by atoms with E-state index in [-0.39, 0.29) is 6.04 Å². The van der Waals surface area contributed by atoms with Crippen molar-refractivity contribution in [3.8, 4) is 0 Å². The first kappa shape index (κ1) is 12.9. The van der Waals surface area contributed by atoms with Crippen molar-refractivity contribution in [1.82, 2.24) is 5.43 Å². The second-order valence-electron chi connectivity index (χ2n) is 4.90. The highest BCUT2D eigenvalue weighted by Crippen LogP contribution is 2.40. The van der Waals surface area contributed by atoms with Crippen LogP contribution in [0.4, 0.5) is 0 Å². The van der Waals surface area contributed by atoms with Crippen molar-refractivity contribution in [2.24, 2.45) is 17.7 Å². The van der Waals surface area contributed by atoms with Crippen LogP contribution in [0.1, 0.15) is 50.8 Å². The molecule has 1 aromatic rings. The third-order valence-corrected chi connectivity index (χ3v) is 4.20. The topological polar surface area (TPSA) is 51.2 Å². The van der Waals surface area contributed by atoms with Crippen LogP contribution in [0.15, 0.2) is 16.5 Å². The highest BCUT2D eigenvalue weighted by atomic mass is 35.5. The highest BCUT2D eigenvalue weighted by molar-refractivity contribution is 6.28. The third kappa shape index (κ3) is 2.84. The highest BCUT2D eigenvalue weighted by Gasteiger charge is 2.32. The van der Waals surface area contributed by atoms with Gasteiger partial charge in [-0.1, -0.05) is 32.6 Å². The molecule has 4 heteroatoms. The molecule has 1 heterocycles. The lowest BCUT2D eigenvalue weighted by Gasteiger charge is -2.35. The summed E-state index contributed by atoms with van der Waals surface area (Å²) in [5, 5.41) is 0.434. The molecule has 1 fully saturated rings. The van der Waals surface area contributed by atoms with Crippen LogP contribution in [0.5, 0.6) is 0 Å². The van der Waals surface area contributed by atoms with E-state index in [2.05, 4.69) is 12.3 Å². The fourth-order valence-electron chi connectivity index (χ4n) is 3.09. The molecule has 0 aromatic carbocycles. The summed E-state index contributed by atoms with van der Waals surface area (Å²) in [4.78, 5) is 0. The van der Waals surface area contributed by atoms with Crippen molar-refractivity contribution in [1.29, 1.82) is 0 Å². The zero-order valence-corrected chi connectivity index (χ0v) is 11.0. The van der Waals surface area contributed by atoms with Gasteiger partial charge in [-0.3, -0.25) is 5.84 Å². The van der Waals surface area contributed by atoms with Crippen molar-refractivity contribution < 1.29 is 4.42 Å². The minimum atomic E-state index is 0.0905. The summed E-state index contributed by atoms with van der Waals surface area (Å²) in [6.07, 6.45) is 6.34. The molecule has 0 aliphatic heterocycles. The fraction of sp³-hybridized carbons (Fsp3) is 0.692. The van der Waals surface area contributed by atoms with Crippen LogP contribution in [-0.4, -0.2) is 0 Å². The normalized spacial score (nSPS) is 27.0. The number of nitrogens with one attached hydrogen (secondary N) is 1. The Bertz CT molecular complexity index is 353. The van der Waals surface area contributed by atoms with Crippen molar-refractivity contribution in [2.45, 2.75) is 45.1 Å². The van der Waals surface area contributed by atoms with Gasteiger partial charge in [-0.15, -0.1) is 0 Å². The first-order chi connectivity index (χ1) is 8.26. The van der Waals surface area contributed by atoms with Crippen molar-refractivity contribution in [2.75, 3.05) is 0 Å². The lowest BCUT2D eigenvalue weighted by atomic mass is 9.73. The van der Waals surface area contributed by atoms with Gasteiger partial charge in [0.25, 0.3) is 0 Å². The number of hydrogen-bond acceptors (Lipinski definition) is 3. The number of hydrazine groups is 1. The predicted octanol–water partition coefficient (Wildman–Crippen LogP) is 3.65. The van der Waals surface area contributed by atoms with Crippen molar-refractivity contribution in [3.05, 3.63) is 23.1 Å². The van der Waals surface area contributed by atoms with Gasteiger partial charge in [0, 0.05) is 0 Å². The van der Waals surface area contributed by atoms with Crippen LogP contribution < -0.4 is 11.3 Å². The number of nitrogens with two attached hydrogens (primary N) is 1. The molecule has 0 spiro atoms. The van der Waals surface area contributed by atoms with Gasteiger partial charge in [-0.05, 0) is 42.0 Å². The fourth-order valence-corrected chi connectivity index (χ4v) is 3.25. The smallest absolute Gasteiger partial charge is 0.193 e. The van der Waals surface area contributed by atoms with Crippen LogP contribution in [0.25, 0.3) is 0 Å². The van der Waals surface area contributed by atoms with Gasteiger partial charge in [0.15, 0.2) is 5.22 Å². The Morgan fingerprint density at radius 2 is 2.24 bits per heavy atom. The van der Waals surface area contributed by atoms with E-state index in [1.165, 1.54) is 32.1 Å². The van der Waals surface area contributed by atoms with Crippen molar-refractivity contribution >= 4 is 11.6 Å². The summed E-state index contributed by atoms with van der Waals surface area (Å²) in [6.45, 7) is 2.26. The van der Waals surface area contributed by atoms with Gasteiger partial charge < -0.3 is 4.42 Å². The average Bonchev–Trinajstić information content (AvgIpc) is 2.77. The molecule has 3 unspecified atom stereocenters. The van der Waals surface area contributed by atoms with E-state index in [9.17, 15) is 0 Å². The van der Waals surface area contributed by atoms with E-state index >= 15 is 0 Å². The maximum Gasteiger partial charge on any atom is 0.193 e. The van der Waals surface area contributed by atoms with Gasteiger partial charge in [-0.25, -0.2) is 5.43 Å². The Hall–Kier alpha value is -0.510. The lowest BCUT2D eigenvalue weighted by molar-refractivity contribution is 0.162. The molecule has 0 bridgehead atoms. The third-order valence-electron chi connectivity index (χ3n) is 4.00. The molecule has 1 saturated carbocycles. The van der Waals surface area contributed by atoms with Crippen LogP contribution in [-0.2, 0) is 0 Å². The van der Waals surface area contributed by atoms with Crippen LogP contribution in [0.3, 0.4) is 0 Å². The van der Waals surface area contributed by atoms with E-state index < -0.39 is 0 Å². The number of furan rings is 1. The van der Waals surface area contributed by atoms with E-state index in [1.54, 1.807) is 6.07 Å². The monoisotopic (exact) mass is 256 g/mol. The van der Waals surface area contributed by atoms with Gasteiger partial charge in [0.05, 0.1) is 6.04 Å². The molecule has 1 aliphatic carbocycles. The minimum absolute atomic E-state index is 0.0905. The van der Waals surface area contributed by atoms with Crippen LogP contribution in [0.2, 0.25) is 5.22 Å². The summed E-state index contributed by atoms with van der Waals surface area (Å²) in [5.74, 6) is 7.86. The second kappa shape index (κ2) is 5.89. The van der Waals surface area contributed by atoms with Gasteiger partial charge in [0.2, 0.25) is 0 Å². The molecule has 1 aliphatic rings. The Morgan fingerprint density at radius 3 is 2.82 bits per heavy atom. The van der Waals surface area contributed by atoms with E-state index in [0.717, 1.165) is 11.7 Å². The van der Waals surface area contributed by atoms with E-state index in [1.807, 2.05) is 6.07 Å². The molecule has 1 aromatic heterocycles. The summed E-state index contributed by atoms with van der Waals surface area (Å²) in [7, 11) is 0. The maximum absolute atomic E-state index is 5.84. The Morgan fingerprint density at radius 1 is 1.47 bits per heavy atom. The number of halogens is 1. The molecular weight excluding hydrogens is 236 g/mol. The molecule has 96 valence electrons. The van der Waals surface area contributed by atoms with Crippen molar-refractivity contribution in [3.63, 3.8) is 0 Å². The summed E-state index contributed by atoms with van der Waals surface area (Å²) in [6, 6.07) is 3.80. The molecule has 3 nitrogen and oxygen atoms in total. The average molecular weight is 257 g/mol. The Kier molecular flexibility index (Phi) is 4.48. The molecule has 17 heavy (non-hydrogen) atoms. The van der Waals surface area contributed by atoms with Gasteiger partial charge in [0.1, 0.15) is 5.76 Å². The number of rotatable bonds is 4. The molecule has 0 radical (unpaired) electrons. The first-order valence-electron chi connectivity index (χ1n) is 6.47. The maximum atomic E-state index is 5.84. The standard InChI is InChI=1S/C13H21ClN2O/c1-2-9-5-3-4-6-10(9)13(16-15)11-7-8-12(14)17-11/h7-10,13,16H,2-6,15H2,1H3. The first-order valence-corrected chi connectivity index (χ1v) is 6.85. The summed E-state index contributed by atoms with van der Waals surface area (Å²) < 4.78 is 5.51. The molecule has 3 N–H and O–H groups in total. The largest absolute Gasteiger partial charge is 0.448 e. The Labute approximate surface area is 108 Å². The summed E-state index contributed by atoms with van der Waals surface area (Å²) in [5.41, 5.74) is 2.91. The molecular formula is C13H21ClN2O. The van der Waals surface area contributed by atoms with Crippen LogP contribution >= 0.6 is 11.6 Å². The second-order valence-corrected chi connectivity index (χ2v) is 5.28. The molecule has 0 saturated heterocycles. The van der Waals surface area contributed by atoms with Gasteiger partial charge >= 0.3 is 0 Å². The molecule has 0 amide bonds. The summed E-state index contributed by atoms with van der Waals surface area (Å²) >= 11 is 5.84. The zero-order chi connectivity index (χ0) is 12.3. The molecule has 2 rings (SSSR count). The predicted molar refractivity (Wildman–Crippen MR) is 69.5 cm³/mol. The Balaban J connectivity index is 2.16. The van der Waals surface area contributed by atoms with E-state index in [0.29, 0.717) is 11.1 Å². The van der Waals surface area contributed by atoms with Gasteiger partial charge in [-0.2, -0.15) is 0 Å². The lowest BCUT2D eigenvalue weighted by Crippen LogP contribution is -2.37. The molecule has 3 atom stereocenters. The SMILES string of the molecule is CCC1CCCCC1C(NN)c1ccc(Cl)o1. The number of hydrogen-bond donors (Lipinski definition) is 2. The quantitative estimate of drug-likeness (QED) is 0.639. The zero-order valence-electron chi connectivity index (χ0n) is 10.3.